The Kier molecular flexibility index (Phi) is 4.71. The van der Waals surface area contributed by atoms with Crippen molar-refractivity contribution in [1.29, 1.82) is 0 Å². The number of hydrogen-bond acceptors (Lipinski definition) is 3. The van der Waals surface area contributed by atoms with Crippen molar-refractivity contribution in [1.82, 2.24) is 15.2 Å². The minimum atomic E-state index is 0.753. The highest BCUT2D eigenvalue weighted by Crippen LogP contribution is 2.19. The largest absolute Gasteiger partial charge is 0.496 e. The van der Waals surface area contributed by atoms with Crippen LogP contribution in [-0.2, 0) is 19.3 Å². The number of ether oxygens (including phenoxy) is 1. The van der Waals surface area contributed by atoms with Crippen molar-refractivity contribution < 1.29 is 4.74 Å². The average molecular weight is 307 g/mol. The van der Waals surface area contributed by atoms with Crippen LogP contribution in [0.4, 0.5) is 0 Å². The summed E-state index contributed by atoms with van der Waals surface area (Å²) in [4.78, 5) is 4.59. The van der Waals surface area contributed by atoms with Crippen molar-refractivity contribution in [3.05, 3.63) is 76.9 Å². The molecule has 0 aliphatic heterocycles. The zero-order valence-corrected chi connectivity index (χ0v) is 13.5. The normalized spacial score (nSPS) is 10.7. The highest BCUT2D eigenvalue weighted by molar-refractivity contribution is 5.37. The molecule has 0 saturated heterocycles. The molecule has 2 aromatic carbocycles. The van der Waals surface area contributed by atoms with Crippen LogP contribution in [0.2, 0.25) is 0 Å². The lowest BCUT2D eigenvalue weighted by Crippen LogP contribution is -1.95. The quantitative estimate of drug-likeness (QED) is 0.758. The van der Waals surface area contributed by atoms with Gasteiger partial charge in [-0.05, 0) is 36.1 Å². The van der Waals surface area contributed by atoms with Gasteiger partial charge in [-0.25, -0.2) is 4.98 Å². The molecule has 0 radical (unpaired) electrons. The van der Waals surface area contributed by atoms with Crippen LogP contribution in [0.3, 0.4) is 0 Å². The average Bonchev–Trinajstić information content (AvgIpc) is 3.02. The van der Waals surface area contributed by atoms with Crippen molar-refractivity contribution in [2.24, 2.45) is 0 Å². The van der Waals surface area contributed by atoms with E-state index in [4.69, 9.17) is 4.74 Å². The first-order valence-electron chi connectivity index (χ1n) is 7.82. The van der Waals surface area contributed by atoms with Gasteiger partial charge >= 0.3 is 0 Å². The van der Waals surface area contributed by atoms with Gasteiger partial charge in [-0.2, -0.15) is 5.10 Å². The molecule has 1 N–H and O–H groups in total. The van der Waals surface area contributed by atoms with Crippen LogP contribution in [0.15, 0.2) is 48.5 Å². The van der Waals surface area contributed by atoms with Crippen molar-refractivity contribution in [3.63, 3.8) is 0 Å². The number of aromatic nitrogens is 3. The third-order valence-corrected chi connectivity index (χ3v) is 3.89. The maximum atomic E-state index is 5.29. The lowest BCUT2D eigenvalue weighted by atomic mass is 10.1. The van der Waals surface area contributed by atoms with E-state index in [9.17, 15) is 0 Å². The summed E-state index contributed by atoms with van der Waals surface area (Å²) >= 11 is 0. The molecule has 118 valence electrons. The molecule has 3 aromatic rings. The second-order valence-corrected chi connectivity index (χ2v) is 5.66. The maximum Gasteiger partial charge on any atom is 0.151 e. The van der Waals surface area contributed by atoms with Crippen LogP contribution < -0.4 is 4.74 Å². The minimum Gasteiger partial charge on any atom is -0.496 e. The lowest BCUT2D eigenvalue weighted by Gasteiger charge is -2.06. The number of nitrogens with one attached hydrogen (secondary N) is 1. The molecule has 0 saturated carbocycles. The first-order chi connectivity index (χ1) is 11.2. The SMILES string of the molecule is COc1ccc(Cc2nc(CCc3ccccc3)n[nH]2)cc1C. The van der Waals surface area contributed by atoms with Crippen LogP contribution >= 0.6 is 0 Å². The molecule has 3 rings (SSSR count). The number of aryl methyl sites for hydroxylation is 3. The molecule has 4 heteroatoms. The molecule has 0 atom stereocenters. The molecule has 0 aliphatic rings. The smallest absolute Gasteiger partial charge is 0.151 e. The van der Waals surface area contributed by atoms with Crippen LogP contribution in [0.1, 0.15) is 28.3 Å². The standard InChI is InChI=1S/C19H21N3O/c1-14-12-16(8-10-17(14)23-2)13-19-20-18(21-22-19)11-9-15-6-4-3-5-7-15/h3-8,10,12H,9,11,13H2,1-2H3,(H,20,21,22). The van der Waals surface area contributed by atoms with E-state index >= 15 is 0 Å². The summed E-state index contributed by atoms with van der Waals surface area (Å²) in [5.41, 5.74) is 3.65. The second-order valence-electron chi connectivity index (χ2n) is 5.66. The summed E-state index contributed by atoms with van der Waals surface area (Å²) in [7, 11) is 1.69. The zero-order chi connectivity index (χ0) is 16.1. The van der Waals surface area contributed by atoms with Gasteiger partial charge in [0.15, 0.2) is 5.82 Å². The van der Waals surface area contributed by atoms with Gasteiger partial charge in [-0.3, -0.25) is 5.10 Å². The molecule has 1 heterocycles. The Morgan fingerprint density at radius 3 is 2.57 bits per heavy atom. The molecular weight excluding hydrogens is 286 g/mol. The third kappa shape index (κ3) is 3.97. The van der Waals surface area contributed by atoms with Crippen LogP contribution in [0.25, 0.3) is 0 Å². The molecule has 1 aromatic heterocycles. The van der Waals surface area contributed by atoms with Gasteiger partial charge in [-0.15, -0.1) is 0 Å². The van der Waals surface area contributed by atoms with Gasteiger partial charge in [0.05, 0.1) is 7.11 Å². The predicted octanol–water partition coefficient (Wildman–Crippen LogP) is 3.50. The van der Waals surface area contributed by atoms with Crippen LogP contribution in [-0.4, -0.2) is 22.3 Å². The summed E-state index contributed by atoms with van der Waals surface area (Å²) < 4.78 is 5.29. The number of aromatic amines is 1. The molecule has 0 amide bonds. The number of methoxy groups -OCH3 is 1. The van der Waals surface area contributed by atoms with E-state index in [2.05, 4.69) is 51.6 Å². The predicted molar refractivity (Wildman–Crippen MR) is 90.8 cm³/mol. The molecule has 0 aliphatic carbocycles. The first-order valence-corrected chi connectivity index (χ1v) is 7.82. The Morgan fingerprint density at radius 1 is 1.00 bits per heavy atom. The van der Waals surface area contributed by atoms with E-state index in [1.807, 2.05) is 19.1 Å². The molecular formula is C19H21N3O. The summed E-state index contributed by atoms with van der Waals surface area (Å²) in [5.74, 6) is 2.68. The highest BCUT2D eigenvalue weighted by Gasteiger charge is 2.06. The molecule has 0 spiro atoms. The zero-order valence-electron chi connectivity index (χ0n) is 13.5. The molecule has 0 bridgehead atoms. The summed E-state index contributed by atoms with van der Waals surface area (Å²) in [6, 6.07) is 16.6. The molecule has 0 fully saturated rings. The minimum absolute atomic E-state index is 0.753. The van der Waals surface area contributed by atoms with E-state index in [1.165, 1.54) is 11.1 Å². The monoisotopic (exact) mass is 307 g/mol. The van der Waals surface area contributed by atoms with Crippen molar-refractivity contribution in [2.75, 3.05) is 7.11 Å². The third-order valence-electron chi connectivity index (χ3n) is 3.89. The van der Waals surface area contributed by atoms with Gasteiger partial charge in [0.2, 0.25) is 0 Å². The Labute approximate surface area is 136 Å². The summed E-state index contributed by atoms with van der Waals surface area (Å²) in [6.07, 6.45) is 2.56. The Balaban J connectivity index is 1.62. The van der Waals surface area contributed by atoms with Crippen LogP contribution in [0.5, 0.6) is 5.75 Å². The number of rotatable bonds is 6. The Bertz CT molecular complexity index is 765. The van der Waals surface area contributed by atoms with Crippen molar-refractivity contribution in [2.45, 2.75) is 26.2 Å². The van der Waals surface area contributed by atoms with E-state index in [1.54, 1.807) is 7.11 Å². The first kappa shape index (κ1) is 15.3. The number of hydrogen-bond donors (Lipinski definition) is 1. The number of benzene rings is 2. The summed E-state index contributed by atoms with van der Waals surface area (Å²) in [5, 5.41) is 7.37. The van der Waals surface area contributed by atoms with Gasteiger partial charge in [-0.1, -0.05) is 42.5 Å². The Morgan fingerprint density at radius 2 is 1.83 bits per heavy atom. The summed E-state index contributed by atoms with van der Waals surface area (Å²) in [6.45, 7) is 2.05. The van der Waals surface area contributed by atoms with E-state index in [-0.39, 0.29) is 0 Å². The highest BCUT2D eigenvalue weighted by atomic mass is 16.5. The fraction of sp³-hybridized carbons (Fsp3) is 0.263. The van der Waals surface area contributed by atoms with Gasteiger partial charge in [0, 0.05) is 12.8 Å². The topological polar surface area (TPSA) is 50.8 Å². The van der Waals surface area contributed by atoms with E-state index in [0.717, 1.165) is 42.2 Å². The van der Waals surface area contributed by atoms with Gasteiger partial charge < -0.3 is 4.74 Å². The Hall–Kier alpha value is -2.62. The van der Waals surface area contributed by atoms with E-state index < -0.39 is 0 Å². The maximum absolute atomic E-state index is 5.29. The van der Waals surface area contributed by atoms with Crippen molar-refractivity contribution >= 4 is 0 Å². The van der Waals surface area contributed by atoms with Crippen molar-refractivity contribution in [3.8, 4) is 5.75 Å². The second kappa shape index (κ2) is 7.09. The number of nitrogens with zero attached hydrogens (tertiary/aromatic N) is 2. The number of H-pyrrole nitrogens is 1. The molecule has 4 nitrogen and oxygen atoms in total. The molecule has 0 unspecified atom stereocenters. The van der Waals surface area contributed by atoms with Crippen LogP contribution in [0, 0.1) is 6.92 Å². The van der Waals surface area contributed by atoms with Gasteiger partial charge in [0.1, 0.15) is 11.6 Å². The van der Waals surface area contributed by atoms with Gasteiger partial charge in [0.25, 0.3) is 0 Å². The van der Waals surface area contributed by atoms with E-state index in [0.29, 0.717) is 0 Å². The fourth-order valence-corrected chi connectivity index (χ4v) is 2.67. The molecule has 23 heavy (non-hydrogen) atoms. The lowest BCUT2D eigenvalue weighted by molar-refractivity contribution is 0.411. The fourth-order valence-electron chi connectivity index (χ4n) is 2.67.